The lowest BCUT2D eigenvalue weighted by molar-refractivity contribution is 0.573. The van der Waals surface area contributed by atoms with Crippen molar-refractivity contribution in [3.8, 4) is 0 Å². The summed E-state index contributed by atoms with van der Waals surface area (Å²) in [5, 5.41) is 4.25. The predicted octanol–water partition coefficient (Wildman–Crippen LogP) is 3.89. The zero-order valence-electron chi connectivity index (χ0n) is 10.7. The number of nitrogens with zero attached hydrogens (tertiary/aromatic N) is 1. The third kappa shape index (κ3) is 3.56. The molecule has 0 saturated carbocycles. The average Bonchev–Trinajstić information content (AvgIpc) is 2.37. The summed E-state index contributed by atoms with van der Waals surface area (Å²) in [6.07, 6.45) is 3.76. The SMILES string of the molecule is Cc1cncc(CNC(C)c2ccc(Cl)cc2)c1. The lowest BCUT2D eigenvalue weighted by Gasteiger charge is -2.14. The number of hydrogen-bond donors (Lipinski definition) is 1. The fourth-order valence-corrected chi connectivity index (χ4v) is 1.98. The van der Waals surface area contributed by atoms with Gasteiger partial charge in [0.05, 0.1) is 0 Å². The van der Waals surface area contributed by atoms with Crippen LogP contribution < -0.4 is 5.32 Å². The molecule has 1 N–H and O–H groups in total. The van der Waals surface area contributed by atoms with Crippen molar-refractivity contribution in [1.29, 1.82) is 0 Å². The fraction of sp³-hybridized carbons (Fsp3) is 0.267. The molecule has 2 nitrogen and oxygen atoms in total. The molecule has 18 heavy (non-hydrogen) atoms. The molecule has 94 valence electrons. The van der Waals surface area contributed by atoms with Crippen LogP contribution in [0, 0.1) is 6.92 Å². The fourth-order valence-electron chi connectivity index (χ4n) is 1.85. The summed E-state index contributed by atoms with van der Waals surface area (Å²) in [6, 6.07) is 10.4. The second-order valence-corrected chi connectivity index (χ2v) is 4.96. The minimum Gasteiger partial charge on any atom is -0.306 e. The Kier molecular flexibility index (Phi) is 4.34. The summed E-state index contributed by atoms with van der Waals surface area (Å²) in [4.78, 5) is 4.19. The number of rotatable bonds is 4. The summed E-state index contributed by atoms with van der Waals surface area (Å²) in [7, 11) is 0. The maximum Gasteiger partial charge on any atom is 0.0406 e. The molecule has 1 unspecified atom stereocenters. The molecular weight excluding hydrogens is 244 g/mol. The third-order valence-electron chi connectivity index (χ3n) is 2.91. The summed E-state index contributed by atoms with van der Waals surface area (Å²) in [5.74, 6) is 0. The standard InChI is InChI=1S/C15H17ClN2/c1-11-7-13(9-17-8-11)10-18-12(2)14-3-5-15(16)6-4-14/h3-9,12,18H,10H2,1-2H3. The van der Waals surface area contributed by atoms with Crippen molar-refractivity contribution in [2.24, 2.45) is 0 Å². The number of hydrogen-bond acceptors (Lipinski definition) is 2. The van der Waals surface area contributed by atoms with Crippen molar-refractivity contribution in [2.75, 3.05) is 0 Å². The van der Waals surface area contributed by atoms with Gasteiger partial charge in [-0.05, 0) is 42.7 Å². The summed E-state index contributed by atoms with van der Waals surface area (Å²) < 4.78 is 0. The van der Waals surface area contributed by atoms with E-state index in [0.29, 0.717) is 6.04 Å². The molecule has 1 aromatic carbocycles. The van der Waals surface area contributed by atoms with Crippen molar-refractivity contribution in [3.63, 3.8) is 0 Å². The number of aromatic nitrogens is 1. The summed E-state index contributed by atoms with van der Waals surface area (Å²) in [5.41, 5.74) is 3.63. The van der Waals surface area contributed by atoms with Gasteiger partial charge in [-0.2, -0.15) is 0 Å². The highest BCUT2D eigenvalue weighted by Crippen LogP contribution is 2.16. The van der Waals surface area contributed by atoms with Crippen molar-refractivity contribution in [3.05, 3.63) is 64.4 Å². The predicted molar refractivity (Wildman–Crippen MR) is 75.7 cm³/mol. The smallest absolute Gasteiger partial charge is 0.0406 e. The molecule has 1 heterocycles. The minimum atomic E-state index is 0.294. The van der Waals surface area contributed by atoms with E-state index in [1.54, 1.807) is 0 Å². The first-order valence-corrected chi connectivity index (χ1v) is 6.42. The van der Waals surface area contributed by atoms with Crippen molar-refractivity contribution in [1.82, 2.24) is 10.3 Å². The Balaban J connectivity index is 1.96. The lowest BCUT2D eigenvalue weighted by atomic mass is 10.1. The molecule has 0 saturated heterocycles. The van der Waals surface area contributed by atoms with Gasteiger partial charge in [0.15, 0.2) is 0 Å². The molecule has 0 bridgehead atoms. The first kappa shape index (κ1) is 13.1. The van der Waals surface area contributed by atoms with Crippen LogP contribution >= 0.6 is 11.6 Å². The molecule has 0 aliphatic rings. The number of pyridine rings is 1. The van der Waals surface area contributed by atoms with E-state index in [4.69, 9.17) is 11.6 Å². The number of nitrogens with one attached hydrogen (secondary N) is 1. The van der Waals surface area contributed by atoms with Gasteiger partial charge in [0.2, 0.25) is 0 Å². The minimum absolute atomic E-state index is 0.294. The molecule has 3 heteroatoms. The Labute approximate surface area is 113 Å². The maximum absolute atomic E-state index is 5.88. The van der Waals surface area contributed by atoms with Crippen LogP contribution in [0.5, 0.6) is 0 Å². The van der Waals surface area contributed by atoms with Gasteiger partial charge < -0.3 is 5.32 Å². The topological polar surface area (TPSA) is 24.9 Å². The van der Waals surface area contributed by atoms with Gasteiger partial charge in [-0.25, -0.2) is 0 Å². The van der Waals surface area contributed by atoms with Gasteiger partial charge in [-0.1, -0.05) is 29.8 Å². The molecule has 0 spiro atoms. The van der Waals surface area contributed by atoms with Crippen LogP contribution in [0.1, 0.15) is 29.7 Å². The van der Waals surface area contributed by atoms with E-state index >= 15 is 0 Å². The number of benzene rings is 1. The third-order valence-corrected chi connectivity index (χ3v) is 3.17. The first-order valence-electron chi connectivity index (χ1n) is 6.04. The highest BCUT2D eigenvalue weighted by molar-refractivity contribution is 6.30. The van der Waals surface area contributed by atoms with E-state index in [2.05, 4.69) is 42.3 Å². The van der Waals surface area contributed by atoms with Crippen molar-refractivity contribution >= 4 is 11.6 Å². The van der Waals surface area contributed by atoms with Crippen LogP contribution in [0.2, 0.25) is 5.02 Å². The lowest BCUT2D eigenvalue weighted by Crippen LogP contribution is -2.18. The molecule has 2 aromatic rings. The second-order valence-electron chi connectivity index (χ2n) is 4.52. The summed E-state index contributed by atoms with van der Waals surface area (Å²) >= 11 is 5.88. The van der Waals surface area contributed by atoms with Gasteiger partial charge >= 0.3 is 0 Å². The van der Waals surface area contributed by atoms with Crippen LogP contribution in [0.25, 0.3) is 0 Å². The Morgan fingerprint density at radius 3 is 2.61 bits per heavy atom. The van der Waals surface area contributed by atoms with Crippen LogP contribution in [0.3, 0.4) is 0 Å². The Bertz CT molecular complexity index is 508. The monoisotopic (exact) mass is 260 g/mol. The molecule has 0 aliphatic heterocycles. The van der Waals surface area contributed by atoms with Gasteiger partial charge in [0, 0.05) is 30.0 Å². The van der Waals surface area contributed by atoms with Gasteiger partial charge in [0.1, 0.15) is 0 Å². The van der Waals surface area contributed by atoms with E-state index < -0.39 is 0 Å². The molecule has 1 aromatic heterocycles. The van der Waals surface area contributed by atoms with E-state index in [-0.39, 0.29) is 0 Å². The van der Waals surface area contributed by atoms with Crippen LogP contribution in [0.15, 0.2) is 42.7 Å². The average molecular weight is 261 g/mol. The largest absolute Gasteiger partial charge is 0.306 e. The zero-order valence-corrected chi connectivity index (χ0v) is 11.4. The zero-order chi connectivity index (χ0) is 13.0. The highest BCUT2D eigenvalue weighted by atomic mass is 35.5. The first-order chi connectivity index (χ1) is 8.65. The van der Waals surface area contributed by atoms with Crippen LogP contribution in [-0.2, 0) is 6.54 Å². The van der Waals surface area contributed by atoms with Crippen LogP contribution in [-0.4, -0.2) is 4.98 Å². The van der Waals surface area contributed by atoms with E-state index in [0.717, 1.165) is 11.6 Å². The van der Waals surface area contributed by atoms with Crippen molar-refractivity contribution < 1.29 is 0 Å². The van der Waals surface area contributed by atoms with Gasteiger partial charge in [-0.3, -0.25) is 4.98 Å². The molecular formula is C15H17ClN2. The number of halogens is 1. The Hall–Kier alpha value is -1.38. The van der Waals surface area contributed by atoms with Gasteiger partial charge in [-0.15, -0.1) is 0 Å². The Morgan fingerprint density at radius 2 is 1.94 bits per heavy atom. The van der Waals surface area contributed by atoms with Gasteiger partial charge in [0.25, 0.3) is 0 Å². The molecule has 2 rings (SSSR count). The van der Waals surface area contributed by atoms with Crippen molar-refractivity contribution in [2.45, 2.75) is 26.4 Å². The Morgan fingerprint density at radius 1 is 1.22 bits per heavy atom. The quantitative estimate of drug-likeness (QED) is 0.902. The highest BCUT2D eigenvalue weighted by Gasteiger charge is 2.04. The molecule has 0 fully saturated rings. The molecule has 0 amide bonds. The van der Waals surface area contributed by atoms with E-state index in [1.165, 1.54) is 16.7 Å². The normalized spacial score (nSPS) is 12.4. The number of aryl methyl sites for hydroxylation is 1. The summed E-state index contributed by atoms with van der Waals surface area (Å²) in [6.45, 7) is 5.02. The van der Waals surface area contributed by atoms with E-state index in [9.17, 15) is 0 Å². The molecule has 0 aliphatic carbocycles. The maximum atomic E-state index is 5.88. The second kappa shape index (κ2) is 5.98. The molecule has 1 atom stereocenters. The van der Waals surface area contributed by atoms with E-state index in [1.807, 2.05) is 24.5 Å². The molecule has 0 radical (unpaired) electrons. The van der Waals surface area contributed by atoms with Crippen LogP contribution in [0.4, 0.5) is 0 Å².